The van der Waals surface area contributed by atoms with E-state index < -0.39 is 28.0 Å². The van der Waals surface area contributed by atoms with Crippen LogP contribution in [-0.4, -0.2) is 25.4 Å². The van der Waals surface area contributed by atoms with Crippen LogP contribution in [0.2, 0.25) is 0 Å². The molecule has 0 spiro atoms. The van der Waals surface area contributed by atoms with Gasteiger partial charge in [0.25, 0.3) is 0 Å². The smallest absolute Gasteiger partial charge is 0.339 e. The average molecular weight is 363 g/mol. The number of aryl methyl sites for hydroxylation is 1. The molecule has 0 aliphatic carbocycles. The highest BCUT2D eigenvalue weighted by Gasteiger charge is 2.21. The number of carboxylic acids is 1. The first kappa shape index (κ1) is 18.5. The summed E-state index contributed by atoms with van der Waals surface area (Å²) in [7, 11) is -3.98. The third kappa shape index (κ3) is 4.80. The first-order valence-electron chi connectivity index (χ1n) is 7.30. The Balaban J connectivity index is 2.20. The normalized spacial score (nSPS) is 12.2. The van der Waals surface area contributed by atoms with Gasteiger partial charge in [-0.2, -0.15) is 8.42 Å². The predicted molar refractivity (Wildman–Crippen MR) is 89.6 cm³/mol. The van der Waals surface area contributed by atoms with Gasteiger partial charge in [0, 0.05) is 6.92 Å². The number of carbonyl (C=O) groups excluding carboxylic acids is 1. The maximum atomic E-state index is 12.2. The van der Waals surface area contributed by atoms with Crippen LogP contribution in [0, 0.1) is 6.92 Å². The highest BCUT2D eigenvalue weighted by atomic mass is 32.2. The van der Waals surface area contributed by atoms with Gasteiger partial charge in [-0.3, -0.25) is 4.79 Å². The fraction of sp³-hybridized carbons (Fsp3) is 0.176. The molecule has 2 aromatic carbocycles. The van der Waals surface area contributed by atoms with Crippen molar-refractivity contribution in [2.45, 2.75) is 24.8 Å². The molecule has 1 amide bonds. The van der Waals surface area contributed by atoms with Crippen LogP contribution in [0.3, 0.4) is 0 Å². The lowest BCUT2D eigenvalue weighted by Crippen LogP contribution is -2.31. The molecule has 7 nitrogen and oxygen atoms in total. The second-order valence-corrected chi connectivity index (χ2v) is 6.94. The molecule has 0 bridgehead atoms. The largest absolute Gasteiger partial charge is 0.479 e. The number of carboxylic acid groups (broad SMARTS) is 1. The minimum Gasteiger partial charge on any atom is -0.479 e. The van der Waals surface area contributed by atoms with Crippen LogP contribution in [0.15, 0.2) is 53.4 Å². The Morgan fingerprint density at radius 1 is 1.04 bits per heavy atom. The number of benzene rings is 2. The van der Waals surface area contributed by atoms with Crippen LogP contribution in [0.25, 0.3) is 0 Å². The molecule has 132 valence electrons. The average Bonchev–Trinajstić information content (AvgIpc) is 2.53. The number of rotatable bonds is 6. The molecule has 0 saturated carbocycles. The van der Waals surface area contributed by atoms with Crippen molar-refractivity contribution in [2.24, 2.45) is 0 Å². The Bertz CT molecular complexity index is 872. The SMILES string of the molecule is CC(=O)NC(C(=O)O)c1ccc(OS(=O)(=O)c2ccc(C)cc2)cc1. The van der Waals surface area contributed by atoms with Gasteiger partial charge in [-0.05, 0) is 36.8 Å². The zero-order valence-electron chi connectivity index (χ0n) is 13.6. The Morgan fingerprint density at radius 3 is 2.08 bits per heavy atom. The molecule has 0 fully saturated rings. The van der Waals surface area contributed by atoms with Crippen molar-refractivity contribution in [3.05, 3.63) is 59.7 Å². The van der Waals surface area contributed by atoms with Crippen LogP contribution >= 0.6 is 0 Å². The first-order valence-corrected chi connectivity index (χ1v) is 8.71. The van der Waals surface area contributed by atoms with Crippen molar-refractivity contribution >= 4 is 22.0 Å². The second kappa shape index (κ2) is 7.35. The molecule has 8 heteroatoms. The molecule has 1 unspecified atom stereocenters. The van der Waals surface area contributed by atoms with E-state index in [1.165, 1.54) is 43.3 Å². The summed E-state index contributed by atoms with van der Waals surface area (Å²) in [5.41, 5.74) is 1.21. The van der Waals surface area contributed by atoms with E-state index in [1.54, 1.807) is 12.1 Å². The van der Waals surface area contributed by atoms with E-state index in [-0.39, 0.29) is 10.6 Å². The maximum absolute atomic E-state index is 12.2. The number of hydrogen-bond acceptors (Lipinski definition) is 5. The summed E-state index contributed by atoms with van der Waals surface area (Å²) in [5, 5.41) is 11.5. The van der Waals surface area contributed by atoms with E-state index in [0.29, 0.717) is 5.56 Å². The van der Waals surface area contributed by atoms with Crippen LogP contribution in [0.4, 0.5) is 0 Å². The monoisotopic (exact) mass is 363 g/mol. The van der Waals surface area contributed by atoms with Gasteiger partial charge in [0.2, 0.25) is 5.91 Å². The predicted octanol–water partition coefficient (Wildman–Crippen LogP) is 2.02. The Morgan fingerprint density at radius 2 is 1.60 bits per heavy atom. The number of carbonyl (C=O) groups is 2. The Labute approximate surface area is 145 Å². The van der Waals surface area contributed by atoms with E-state index in [4.69, 9.17) is 9.29 Å². The number of nitrogens with one attached hydrogen (secondary N) is 1. The van der Waals surface area contributed by atoms with Crippen LogP contribution < -0.4 is 9.50 Å². The van der Waals surface area contributed by atoms with Gasteiger partial charge in [0.15, 0.2) is 6.04 Å². The quantitative estimate of drug-likeness (QED) is 0.760. The molecule has 0 heterocycles. The van der Waals surface area contributed by atoms with Crippen molar-refractivity contribution in [3.63, 3.8) is 0 Å². The highest BCUT2D eigenvalue weighted by Crippen LogP contribution is 2.22. The summed E-state index contributed by atoms with van der Waals surface area (Å²) in [6.45, 7) is 3.05. The van der Waals surface area contributed by atoms with E-state index >= 15 is 0 Å². The number of hydrogen-bond donors (Lipinski definition) is 2. The molecule has 2 N–H and O–H groups in total. The zero-order chi connectivity index (χ0) is 18.6. The lowest BCUT2D eigenvalue weighted by molar-refractivity contribution is -0.141. The van der Waals surface area contributed by atoms with Crippen molar-refractivity contribution in [1.82, 2.24) is 5.32 Å². The van der Waals surface area contributed by atoms with Crippen molar-refractivity contribution in [3.8, 4) is 5.75 Å². The van der Waals surface area contributed by atoms with Crippen LogP contribution in [0.5, 0.6) is 5.75 Å². The van der Waals surface area contributed by atoms with E-state index in [0.717, 1.165) is 5.56 Å². The Kier molecular flexibility index (Phi) is 5.43. The van der Waals surface area contributed by atoms with Gasteiger partial charge in [-0.25, -0.2) is 4.79 Å². The third-order valence-electron chi connectivity index (χ3n) is 3.32. The van der Waals surface area contributed by atoms with Crippen LogP contribution in [0.1, 0.15) is 24.1 Å². The molecule has 0 aromatic heterocycles. The van der Waals surface area contributed by atoms with Gasteiger partial charge < -0.3 is 14.6 Å². The fourth-order valence-electron chi connectivity index (χ4n) is 2.09. The minimum atomic E-state index is -3.98. The van der Waals surface area contributed by atoms with E-state index in [1.807, 2.05) is 6.92 Å². The summed E-state index contributed by atoms with van der Waals surface area (Å²) < 4.78 is 29.5. The third-order valence-corrected chi connectivity index (χ3v) is 4.58. The van der Waals surface area contributed by atoms with Gasteiger partial charge in [0.1, 0.15) is 10.6 Å². The summed E-state index contributed by atoms with van der Waals surface area (Å²) in [6.07, 6.45) is 0. The lowest BCUT2D eigenvalue weighted by Gasteiger charge is -2.14. The first-order chi connectivity index (χ1) is 11.7. The molecule has 2 rings (SSSR count). The summed E-state index contributed by atoms with van der Waals surface area (Å²) >= 11 is 0. The van der Waals surface area contributed by atoms with Gasteiger partial charge in [-0.1, -0.05) is 29.8 Å². The highest BCUT2D eigenvalue weighted by molar-refractivity contribution is 7.87. The molecule has 0 aliphatic rings. The van der Waals surface area contributed by atoms with Crippen molar-refractivity contribution in [2.75, 3.05) is 0 Å². The molecule has 0 radical (unpaired) electrons. The molecular formula is C17H17NO6S. The van der Waals surface area contributed by atoms with Gasteiger partial charge >= 0.3 is 16.1 Å². The Hall–Kier alpha value is -2.87. The van der Waals surface area contributed by atoms with Gasteiger partial charge in [-0.15, -0.1) is 0 Å². The summed E-state index contributed by atoms with van der Waals surface area (Å²) in [6, 6.07) is 10.4. The van der Waals surface area contributed by atoms with E-state index in [9.17, 15) is 18.0 Å². The van der Waals surface area contributed by atoms with Crippen molar-refractivity contribution < 1.29 is 27.3 Å². The number of amides is 1. The lowest BCUT2D eigenvalue weighted by atomic mass is 10.1. The number of aliphatic carboxylic acids is 1. The zero-order valence-corrected chi connectivity index (χ0v) is 14.4. The molecule has 0 aliphatic heterocycles. The van der Waals surface area contributed by atoms with Crippen LogP contribution in [-0.2, 0) is 19.7 Å². The summed E-state index contributed by atoms with van der Waals surface area (Å²) in [5.74, 6) is -1.68. The molecule has 2 aromatic rings. The second-order valence-electron chi connectivity index (χ2n) is 5.39. The fourth-order valence-corrected chi connectivity index (χ4v) is 3.02. The maximum Gasteiger partial charge on any atom is 0.339 e. The molecule has 0 saturated heterocycles. The van der Waals surface area contributed by atoms with Gasteiger partial charge in [0.05, 0.1) is 0 Å². The van der Waals surface area contributed by atoms with Crippen molar-refractivity contribution in [1.29, 1.82) is 0 Å². The summed E-state index contributed by atoms with van der Waals surface area (Å²) in [4.78, 5) is 22.3. The molecular weight excluding hydrogens is 346 g/mol. The van der Waals surface area contributed by atoms with E-state index in [2.05, 4.69) is 5.32 Å². The topological polar surface area (TPSA) is 110 Å². The molecule has 1 atom stereocenters. The molecule has 25 heavy (non-hydrogen) atoms. The standard InChI is InChI=1S/C17H17NO6S/c1-11-3-9-15(10-4-11)25(22,23)24-14-7-5-13(6-8-14)16(17(20)21)18-12(2)19/h3-10,16H,1-2H3,(H,18,19)(H,20,21). The minimum absolute atomic E-state index is 0.0174.